The second-order valence-electron chi connectivity index (χ2n) is 15.7. The van der Waals surface area contributed by atoms with E-state index in [0.717, 1.165) is 70.6 Å². The van der Waals surface area contributed by atoms with E-state index in [9.17, 15) is 19.0 Å². The lowest BCUT2D eigenvalue weighted by Gasteiger charge is -2.24. The molecule has 2 atom stereocenters. The third-order valence-electron chi connectivity index (χ3n) is 8.92. The number of likely N-dealkylation sites (N-methyl/N-ethyl adjacent to an activating group) is 1. The average molecular weight is 833 g/mol. The molecule has 0 aromatic carbocycles. The molecular weight excluding hydrogens is 750 g/mol. The van der Waals surface area contributed by atoms with E-state index in [0.29, 0.717) is 17.4 Å². The lowest BCUT2D eigenvalue weighted by molar-refractivity contribution is -0.870. The van der Waals surface area contributed by atoms with Crippen molar-refractivity contribution in [3.8, 4) is 0 Å². The molecule has 0 aromatic heterocycles. The normalized spacial score (nSPS) is 14.4. The number of unbranched alkanes of at least 4 members (excludes halogenated alkanes) is 11. The second kappa shape index (κ2) is 39.6. The zero-order valence-corrected chi connectivity index (χ0v) is 38.1. The molecule has 0 aliphatic heterocycles. The zero-order valence-electron chi connectivity index (χ0n) is 37.2. The summed E-state index contributed by atoms with van der Waals surface area (Å²) in [6, 6.07) is 0. The number of nitrogens with zero attached hydrogens (tertiary/aromatic N) is 1. The fourth-order valence-corrected chi connectivity index (χ4v) is 6.19. The summed E-state index contributed by atoms with van der Waals surface area (Å²) in [5.74, 6) is -0.909. The summed E-state index contributed by atoms with van der Waals surface area (Å²) in [6.45, 7) is 4.18. The first-order chi connectivity index (χ1) is 28.0. The number of quaternary nitrogens is 1. The summed E-state index contributed by atoms with van der Waals surface area (Å²) >= 11 is 0. The van der Waals surface area contributed by atoms with Gasteiger partial charge in [-0.05, 0) is 77.0 Å². The molecule has 0 radical (unpaired) electrons. The molecule has 0 bridgehead atoms. The molecule has 332 valence electrons. The Hall–Kier alpha value is -2.81. The zero-order chi connectivity index (χ0) is 42.8. The van der Waals surface area contributed by atoms with Crippen LogP contribution in [0, 0.1) is 0 Å². The molecule has 1 unspecified atom stereocenters. The summed E-state index contributed by atoms with van der Waals surface area (Å²) in [7, 11) is 1.41. The standard InChI is InChI=1S/C48H82NO8P/c1-6-8-10-12-14-16-18-20-22-23-24-25-27-29-31-33-35-37-39-41-48(51)57-46(45-56-58(52,53)55-43-42-49(3,4)5)44-54-47(50)40-38-36-34-32-30-28-26-21-19-17-15-13-11-9-7-2/h8,10,14,16-17,19-20,22,24-25,29,31,35,37,46H,6-7,9,11-13,15,18,21,23,26-28,30,32-34,36,38-45H2,1-5H3/p+1/b10-8+,16-14+,19-17+,22-20+,25-24+,31-29+,37-35+/t46-/m1/s1. The van der Waals surface area contributed by atoms with E-state index < -0.39 is 32.5 Å². The number of carbonyl (C=O) groups excluding carboxylic acids is 2. The van der Waals surface area contributed by atoms with Crippen molar-refractivity contribution >= 4 is 19.8 Å². The minimum absolute atomic E-state index is 0.0132. The quantitative estimate of drug-likeness (QED) is 0.0214. The van der Waals surface area contributed by atoms with Gasteiger partial charge in [0.15, 0.2) is 6.10 Å². The Morgan fingerprint density at radius 3 is 1.53 bits per heavy atom. The number of esters is 2. The molecule has 0 aliphatic rings. The van der Waals surface area contributed by atoms with E-state index in [-0.39, 0.29) is 26.1 Å². The van der Waals surface area contributed by atoms with Gasteiger partial charge in [0.2, 0.25) is 0 Å². The van der Waals surface area contributed by atoms with Crippen LogP contribution in [0.15, 0.2) is 85.1 Å². The highest BCUT2D eigenvalue weighted by atomic mass is 31.2. The van der Waals surface area contributed by atoms with E-state index in [1.165, 1.54) is 51.4 Å². The maximum absolute atomic E-state index is 12.7. The molecular formula is C48H83NO8P+. The van der Waals surface area contributed by atoms with Crippen LogP contribution < -0.4 is 0 Å². The van der Waals surface area contributed by atoms with Crippen molar-refractivity contribution in [2.24, 2.45) is 0 Å². The molecule has 0 saturated heterocycles. The van der Waals surface area contributed by atoms with E-state index in [1.807, 2.05) is 33.3 Å². The van der Waals surface area contributed by atoms with E-state index >= 15 is 0 Å². The lowest BCUT2D eigenvalue weighted by Crippen LogP contribution is -2.37. The summed E-state index contributed by atoms with van der Waals surface area (Å²) in [6.07, 6.45) is 50.7. The Bertz CT molecular complexity index is 1260. The number of phosphoric ester groups is 1. The van der Waals surface area contributed by atoms with Gasteiger partial charge in [0, 0.05) is 12.8 Å². The molecule has 9 nitrogen and oxygen atoms in total. The van der Waals surface area contributed by atoms with Gasteiger partial charge in [-0.15, -0.1) is 0 Å². The largest absolute Gasteiger partial charge is 0.472 e. The number of phosphoric acid groups is 1. The highest BCUT2D eigenvalue weighted by Crippen LogP contribution is 2.43. The number of hydrogen-bond acceptors (Lipinski definition) is 7. The molecule has 0 spiro atoms. The van der Waals surface area contributed by atoms with Gasteiger partial charge >= 0.3 is 19.8 Å². The third kappa shape index (κ3) is 42.8. The van der Waals surface area contributed by atoms with Crippen molar-refractivity contribution in [2.75, 3.05) is 47.5 Å². The molecule has 0 aliphatic carbocycles. The van der Waals surface area contributed by atoms with Crippen molar-refractivity contribution in [1.29, 1.82) is 0 Å². The highest BCUT2D eigenvalue weighted by Gasteiger charge is 2.27. The van der Waals surface area contributed by atoms with Crippen LogP contribution in [0.25, 0.3) is 0 Å². The maximum atomic E-state index is 12.7. The first-order valence-corrected chi connectivity index (χ1v) is 23.8. The minimum atomic E-state index is -4.40. The van der Waals surface area contributed by atoms with Crippen molar-refractivity contribution in [3.05, 3.63) is 85.1 Å². The number of carbonyl (C=O) groups is 2. The number of rotatable bonds is 39. The van der Waals surface area contributed by atoms with Crippen LogP contribution in [0.3, 0.4) is 0 Å². The first-order valence-electron chi connectivity index (χ1n) is 22.3. The number of allylic oxidation sites excluding steroid dienone is 14. The smallest absolute Gasteiger partial charge is 0.462 e. The average Bonchev–Trinajstić information content (AvgIpc) is 3.17. The monoisotopic (exact) mass is 833 g/mol. The van der Waals surface area contributed by atoms with Gasteiger partial charge in [-0.1, -0.05) is 150 Å². The van der Waals surface area contributed by atoms with Crippen molar-refractivity contribution in [2.45, 2.75) is 161 Å². The van der Waals surface area contributed by atoms with Crippen LogP contribution >= 0.6 is 7.82 Å². The van der Waals surface area contributed by atoms with E-state index in [4.69, 9.17) is 18.5 Å². The Labute approximate surface area is 354 Å². The third-order valence-corrected chi connectivity index (χ3v) is 9.91. The van der Waals surface area contributed by atoms with Crippen LogP contribution in [-0.4, -0.2) is 74.9 Å². The fraction of sp³-hybridized carbons (Fsp3) is 0.667. The Morgan fingerprint density at radius 1 is 0.552 bits per heavy atom. The first kappa shape index (κ1) is 55.2. The molecule has 58 heavy (non-hydrogen) atoms. The minimum Gasteiger partial charge on any atom is -0.462 e. The molecule has 0 saturated carbocycles. The van der Waals surface area contributed by atoms with Crippen molar-refractivity contribution in [1.82, 2.24) is 0 Å². The fourth-order valence-electron chi connectivity index (χ4n) is 5.44. The molecule has 0 rings (SSSR count). The van der Waals surface area contributed by atoms with Gasteiger partial charge in [0.1, 0.15) is 19.8 Å². The topological polar surface area (TPSA) is 108 Å². The Balaban J connectivity index is 4.51. The number of hydrogen-bond donors (Lipinski definition) is 1. The summed E-state index contributed by atoms with van der Waals surface area (Å²) in [4.78, 5) is 35.3. The second-order valence-corrected chi connectivity index (χ2v) is 17.1. The van der Waals surface area contributed by atoms with Gasteiger partial charge in [-0.2, -0.15) is 0 Å². The van der Waals surface area contributed by atoms with Gasteiger partial charge in [-0.25, -0.2) is 4.57 Å². The summed E-state index contributed by atoms with van der Waals surface area (Å²) in [5, 5.41) is 0. The Morgan fingerprint density at radius 2 is 1.02 bits per heavy atom. The Kier molecular flexibility index (Phi) is 37.7. The molecule has 0 amide bonds. The van der Waals surface area contributed by atoms with E-state index in [1.54, 1.807) is 0 Å². The molecule has 0 aromatic rings. The predicted octanol–water partition coefficient (Wildman–Crippen LogP) is 12.8. The van der Waals surface area contributed by atoms with Crippen LogP contribution in [0.4, 0.5) is 0 Å². The number of ether oxygens (including phenoxy) is 2. The van der Waals surface area contributed by atoms with Crippen LogP contribution in [0.5, 0.6) is 0 Å². The van der Waals surface area contributed by atoms with Crippen LogP contribution in [0.1, 0.15) is 155 Å². The van der Waals surface area contributed by atoms with Gasteiger partial charge < -0.3 is 18.9 Å². The molecule has 10 heteroatoms. The predicted molar refractivity (Wildman–Crippen MR) is 242 cm³/mol. The maximum Gasteiger partial charge on any atom is 0.472 e. The van der Waals surface area contributed by atoms with Crippen molar-refractivity contribution in [3.63, 3.8) is 0 Å². The molecule has 0 fully saturated rings. The highest BCUT2D eigenvalue weighted by molar-refractivity contribution is 7.47. The van der Waals surface area contributed by atoms with E-state index in [2.05, 4.69) is 86.8 Å². The summed E-state index contributed by atoms with van der Waals surface area (Å²) in [5.41, 5.74) is 0. The van der Waals surface area contributed by atoms with Gasteiger partial charge in [0.05, 0.1) is 27.7 Å². The SMILES string of the molecule is CC/C=C/C/C=C/C/C=C/C/C=C/C/C=C/C/C=C/CCC(=O)O[C@H](COC(=O)CCCCCCCCC/C=C/CCCCCC)COP(=O)(O)OCC[N+](C)(C)C. The van der Waals surface area contributed by atoms with Gasteiger partial charge in [0.25, 0.3) is 0 Å². The van der Waals surface area contributed by atoms with Crippen LogP contribution in [-0.2, 0) is 32.7 Å². The summed E-state index contributed by atoms with van der Waals surface area (Å²) < 4.78 is 34.2. The van der Waals surface area contributed by atoms with Crippen LogP contribution in [0.2, 0.25) is 0 Å². The molecule has 0 heterocycles. The van der Waals surface area contributed by atoms with Gasteiger partial charge in [-0.3, -0.25) is 18.6 Å². The molecule has 1 N–H and O–H groups in total. The van der Waals surface area contributed by atoms with Crippen molar-refractivity contribution < 1.29 is 42.1 Å². The lowest BCUT2D eigenvalue weighted by atomic mass is 10.1.